The van der Waals surface area contributed by atoms with E-state index in [9.17, 15) is 19.8 Å². The molecule has 176 valence electrons. The third-order valence-electron chi connectivity index (χ3n) is 6.28. The third-order valence-corrected chi connectivity index (χ3v) is 6.52. The highest BCUT2D eigenvalue weighted by molar-refractivity contribution is 6.30. The fraction of sp³-hybridized carbons (Fsp3) is 0.407. The molecule has 1 unspecified atom stereocenters. The van der Waals surface area contributed by atoms with E-state index < -0.39 is 5.60 Å². The minimum absolute atomic E-state index is 0.00764. The predicted molar refractivity (Wildman–Crippen MR) is 131 cm³/mol. The highest BCUT2D eigenvalue weighted by Gasteiger charge is 2.46. The Morgan fingerprint density at radius 2 is 1.85 bits per heavy atom. The molecule has 3 rings (SSSR count). The van der Waals surface area contributed by atoms with E-state index in [2.05, 4.69) is 0 Å². The maximum Gasteiger partial charge on any atom is 0.254 e. The normalized spacial score (nSPS) is 15.4. The van der Waals surface area contributed by atoms with Gasteiger partial charge in [-0.05, 0) is 73.6 Å². The van der Waals surface area contributed by atoms with E-state index in [4.69, 9.17) is 11.6 Å². The number of amides is 1. The second kappa shape index (κ2) is 11.1. The second-order valence-corrected chi connectivity index (χ2v) is 9.14. The first-order chi connectivity index (χ1) is 15.8. The summed E-state index contributed by atoms with van der Waals surface area (Å²) < 4.78 is 0. The molecule has 0 heterocycles. The van der Waals surface area contributed by atoms with Crippen LogP contribution in [0.4, 0.5) is 0 Å². The van der Waals surface area contributed by atoms with Crippen molar-refractivity contribution in [1.29, 1.82) is 0 Å². The molecule has 33 heavy (non-hydrogen) atoms. The molecule has 1 amide bonds. The SMILES string of the molecule is CCC(CCO)N(C/C=C/CC(=O)C1(O)CC1)C(=O)c1ccc(-c2ccc(Cl)cc2C)cc1. The van der Waals surface area contributed by atoms with Gasteiger partial charge in [0.25, 0.3) is 5.91 Å². The van der Waals surface area contributed by atoms with E-state index in [1.165, 1.54) is 0 Å². The molecule has 1 aliphatic carbocycles. The fourth-order valence-corrected chi connectivity index (χ4v) is 4.23. The van der Waals surface area contributed by atoms with Crippen LogP contribution in [0.2, 0.25) is 5.02 Å². The van der Waals surface area contributed by atoms with Crippen molar-refractivity contribution in [3.63, 3.8) is 0 Å². The smallest absolute Gasteiger partial charge is 0.254 e. The quantitative estimate of drug-likeness (QED) is 0.456. The summed E-state index contributed by atoms with van der Waals surface area (Å²) in [5.74, 6) is -0.293. The van der Waals surface area contributed by atoms with Crippen LogP contribution < -0.4 is 0 Å². The number of ketones is 1. The van der Waals surface area contributed by atoms with E-state index in [1.807, 2.05) is 56.3 Å². The molecule has 0 spiro atoms. The number of rotatable bonds is 11. The van der Waals surface area contributed by atoms with Crippen LogP contribution in [-0.2, 0) is 4.79 Å². The zero-order valence-corrected chi connectivity index (χ0v) is 20.0. The van der Waals surface area contributed by atoms with Gasteiger partial charge >= 0.3 is 0 Å². The molecule has 0 bridgehead atoms. The lowest BCUT2D eigenvalue weighted by molar-refractivity contribution is -0.128. The Labute approximate surface area is 200 Å². The molecule has 0 aliphatic heterocycles. The average molecular weight is 470 g/mol. The first-order valence-corrected chi connectivity index (χ1v) is 11.9. The summed E-state index contributed by atoms with van der Waals surface area (Å²) in [6, 6.07) is 13.1. The zero-order valence-electron chi connectivity index (χ0n) is 19.3. The van der Waals surface area contributed by atoms with Crippen LogP contribution in [0.1, 0.15) is 54.9 Å². The highest BCUT2D eigenvalue weighted by Crippen LogP contribution is 2.36. The van der Waals surface area contributed by atoms with Crippen molar-refractivity contribution in [3.05, 3.63) is 70.8 Å². The summed E-state index contributed by atoms with van der Waals surface area (Å²) in [6.45, 7) is 4.32. The van der Waals surface area contributed by atoms with Gasteiger partial charge in [-0.1, -0.05) is 48.9 Å². The molecule has 1 aliphatic rings. The molecular weight excluding hydrogens is 438 g/mol. The number of carbonyl (C=O) groups is 2. The van der Waals surface area contributed by atoms with Gasteiger partial charge in [0, 0.05) is 36.2 Å². The second-order valence-electron chi connectivity index (χ2n) is 8.70. The number of halogens is 1. The molecule has 5 nitrogen and oxygen atoms in total. The Morgan fingerprint density at radius 1 is 1.15 bits per heavy atom. The van der Waals surface area contributed by atoms with E-state index >= 15 is 0 Å². The minimum Gasteiger partial charge on any atom is -0.396 e. The summed E-state index contributed by atoms with van der Waals surface area (Å²) in [7, 11) is 0. The summed E-state index contributed by atoms with van der Waals surface area (Å²) in [4.78, 5) is 27.1. The Hall–Kier alpha value is -2.47. The first kappa shape index (κ1) is 25.2. The van der Waals surface area contributed by atoms with Gasteiger partial charge in [0.15, 0.2) is 5.78 Å². The molecule has 0 radical (unpaired) electrons. The van der Waals surface area contributed by atoms with Crippen LogP contribution in [0.3, 0.4) is 0 Å². The predicted octanol–water partition coefficient (Wildman–Crippen LogP) is 4.96. The number of hydrogen-bond acceptors (Lipinski definition) is 4. The van der Waals surface area contributed by atoms with E-state index in [0.717, 1.165) is 16.7 Å². The molecule has 2 aromatic rings. The highest BCUT2D eigenvalue weighted by atomic mass is 35.5. The summed E-state index contributed by atoms with van der Waals surface area (Å²) >= 11 is 6.07. The van der Waals surface area contributed by atoms with Crippen molar-refractivity contribution in [1.82, 2.24) is 4.90 Å². The maximum atomic E-state index is 13.4. The number of aliphatic hydroxyl groups is 2. The lowest BCUT2D eigenvalue weighted by Gasteiger charge is -2.30. The summed E-state index contributed by atoms with van der Waals surface area (Å²) in [5.41, 5.74) is 2.57. The van der Waals surface area contributed by atoms with Crippen molar-refractivity contribution in [2.75, 3.05) is 13.2 Å². The minimum atomic E-state index is -1.13. The lowest BCUT2D eigenvalue weighted by atomic mass is 9.99. The number of aryl methyl sites for hydroxylation is 1. The van der Waals surface area contributed by atoms with Crippen molar-refractivity contribution >= 4 is 23.3 Å². The Kier molecular flexibility index (Phi) is 8.46. The summed E-state index contributed by atoms with van der Waals surface area (Å²) in [5, 5.41) is 20.1. The number of nitrogens with zero attached hydrogens (tertiary/aromatic N) is 1. The molecule has 2 N–H and O–H groups in total. The average Bonchev–Trinajstić information content (AvgIpc) is 3.56. The maximum absolute atomic E-state index is 13.4. The van der Waals surface area contributed by atoms with Gasteiger partial charge in [-0.15, -0.1) is 0 Å². The van der Waals surface area contributed by atoms with Crippen LogP contribution in [0.25, 0.3) is 11.1 Å². The van der Waals surface area contributed by atoms with E-state index in [-0.39, 0.29) is 30.8 Å². The molecule has 0 saturated heterocycles. The third kappa shape index (κ3) is 6.32. The van der Waals surface area contributed by atoms with Crippen LogP contribution in [0.15, 0.2) is 54.6 Å². The van der Waals surface area contributed by atoms with Crippen molar-refractivity contribution in [3.8, 4) is 11.1 Å². The monoisotopic (exact) mass is 469 g/mol. The zero-order chi connectivity index (χ0) is 24.0. The largest absolute Gasteiger partial charge is 0.396 e. The molecule has 1 saturated carbocycles. The number of aliphatic hydroxyl groups excluding tert-OH is 1. The number of allylic oxidation sites excluding steroid dienone is 1. The van der Waals surface area contributed by atoms with Gasteiger partial charge in [0.05, 0.1) is 0 Å². The van der Waals surface area contributed by atoms with Crippen LogP contribution >= 0.6 is 11.6 Å². The number of carbonyl (C=O) groups excluding carboxylic acids is 2. The van der Waals surface area contributed by atoms with Crippen molar-refractivity contribution in [2.45, 2.75) is 57.6 Å². The molecule has 2 aromatic carbocycles. The van der Waals surface area contributed by atoms with Gasteiger partial charge in [-0.2, -0.15) is 0 Å². The fourth-order valence-electron chi connectivity index (χ4n) is 4.00. The van der Waals surface area contributed by atoms with Gasteiger partial charge in [-0.25, -0.2) is 0 Å². The molecule has 1 atom stereocenters. The topological polar surface area (TPSA) is 77.8 Å². The van der Waals surface area contributed by atoms with Crippen LogP contribution in [0, 0.1) is 6.92 Å². The lowest BCUT2D eigenvalue weighted by Crippen LogP contribution is -2.40. The Bertz CT molecular complexity index is 1010. The number of benzene rings is 2. The standard InChI is InChI=1S/C27H32ClNO4/c1-3-23(13-17-30)29(16-5-4-6-25(31)27(33)14-15-27)26(32)21-9-7-20(8-10-21)24-12-11-22(28)18-19(24)2/h4-5,7-12,18,23,30,33H,3,6,13-17H2,1-2H3/b5-4+. The molecule has 1 fully saturated rings. The van der Waals surface area contributed by atoms with Gasteiger partial charge in [-0.3, -0.25) is 9.59 Å². The van der Waals surface area contributed by atoms with Crippen LogP contribution in [0.5, 0.6) is 0 Å². The van der Waals surface area contributed by atoms with E-state index in [1.54, 1.807) is 17.1 Å². The van der Waals surface area contributed by atoms with E-state index in [0.29, 0.717) is 42.8 Å². The number of hydrogen-bond donors (Lipinski definition) is 2. The molecule has 6 heteroatoms. The number of Topliss-reactive ketones (excluding diaryl/α,β-unsaturated/α-hetero) is 1. The Morgan fingerprint density at radius 3 is 2.42 bits per heavy atom. The Balaban J connectivity index is 1.74. The first-order valence-electron chi connectivity index (χ1n) is 11.5. The molecular formula is C27H32ClNO4. The van der Waals surface area contributed by atoms with Crippen LogP contribution in [-0.4, -0.2) is 51.6 Å². The van der Waals surface area contributed by atoms with Crippen molar-refractivity contribution in [2.24, 2.45) is 0 Å². The molecule has 0 aromatic heterocycles. The summed E-state index contributed by atoms with van der Waals surface area (Å²) in [6.07, 6.45) is 5.93. The van der Waals surface area contributed by atoms with Gasteiger partial charge < -0.3 is 15.1 Å². The van der Waals surface area contributed by atoms with Gasteiger partial charge in [0.2, 0.25) is 0 Å². The van der Waals surface area contributed by atoms with Gasteiger partial charge in [0.1, 0.15) is 5.60 Å². The van der Waals surface area contributed by atoms with Crippen molar-refractivity contribution < 1.29 is 19.8 Å².